The minimum Gasteiger partial charge on any atom is -0.361 e. The van der Waals surface area contributed by atoms with Gasteiger partial charge in [0.15, 0.2) is 11.6 Å². The predicted octanol–water partition coefficient (Wildman–Crippen LogP) is 2.21. The molecule has 28 heavy (non-hydrogen) atoms. The molecule has 1 aliphatic heterocycles. The number of piperazine rings is 1. The summed E-state index contributed by atoms with van der Waals surface area (Å²) < 4.78 is 5.18. The van der Waals surface area contributed by atoms with E-state index in [2.05, 4.69) is 39.0 Å². The molecule has 0 aliphatic carbocycles. The number of carbonyl (C=O) groups is 1. The smallest absolute Gasteiger partial charge is 0.223 e. The van der Waals surface area contributed by atoms with Gasteiger partial charge < -0.3 is 19.2 Å². The largest absolute Gasteiger partial charge is 0.361 e. The van der Waals surface area contributed by atoms with E-state index in [1.807, 2.05) is 30.9 Å². The number of aryl methyl sites for hydroxylation is 2. The van der Waals surface area contributed by atoms with Gasteiger partial charge in [-0.2, -0.15) is 0 Å². The van der Waals surface area contributed by atoms with Crippen molar-refractivity contribution in [3.05, 3.63) is 29.2 Å². The lowest BCUT2D eigenvalue weighted by atomic mass is 10.1. The Kier molecular flexibility index (Phi) is 6.49. The Bertz CT molecular complexity index is 757. The number of carbonyl (C=O) groups excluding carboxylic acids is 1. The fourth-order valence-electron chi connectivity index (χ4n) is 3.64. The molecule has 0 unspecified atom stereocenters. The van der Waals surface area contributed by atoms with Crippen molar-refractivity contribution in [3.8, 4) is 0 Å². The average Bonchev–Trinajstić information content (AvgIpc) is 3.05. The van der Waals surface area contributed by atoms with E-state index in [0.29, 0.717) is 25.9 Å². The first-order valence-corrected chi connectivity index (χ1v) is 10.1. The van der Waals surface area contributed by atoms with Gasteiger partial charge in [0.25, 0.3) is 0 Å². The van der Waals surface area contributed by atoms with Crippen LogP contribution in [-0.2, 0) is 11.2 Å². The first kappa shape index (κ1) is 20.1. The third-order valence-corrected chi connectivity index (χ3v) is 5.45. The first-order valence-electron chi connectivity index (χ1n) is 10.1. The Morgan fingerprint density at radius 3 is 2.36 bits per heavy atom. The number of nitrogens with zero attached hydrogens (tertiary/aromatic N) is 6. The molecule has 1 aliphatic rings. The van der Waals surface area contributed by atoms with Crippen LogP contribution >= 0.6 is 0 Å². The van der Waals surface area contributed by atoms with Crippen molar-refractivity contribution in [1.82, 2.24) is 20.3 Å². The molecule has 0 aromatic carbocycles. The minimum absolute atomic E-state index is 0.183. The summed E-state index contributed by atoms with van der Waals surface area (Å²) in [6, 6.07) is 4.05. The zero-order valence-electron chi connectivity index (χ0n) is 17.3. The zero-order chi connectivity index (χ0) is 20.1. The SMILES string of the molecule is CCN(CC)c1ccc(N2CCN(C(=O)CCc3c(C)noc3C)CC2)nn1. The molecule has 0 radical (unpaired) electrons. The van der Waals surface area contributed by atoms with E-state index in [0.717, 1.165) is 54.8 Å². The molecular formula is C20H30N6O2. The Morgan fingerprint density at radius 2 is 1.82 bits per heavy atom. The number of hydrogen-bond donors (Lipinski definition) is 0. The lowest BCUT2D eigenvalue weighted by molar-refractivity contribution is -0.131. The molecule has 152 valence electrons. The zero-order valence-corrected chi connectivity index (χ0v) is 17.3. The Morgan fingerprint density at radius 1 is 1.11 bits per heavy atom. The van der Waals surface area contributed by atoms with E-state index in [-0.39, 0.29) is 5.91 Å². The lowest BCUT2D eigenvalue weighted by Gasteiger charge is -2.35. The van der Waals surface area contributed by atoms with Gasteiger partial charge in [0.1, 0.15) is 5.76 Å². The summed E-state index contributed by atoms with van der Waals surface area (Å²) in [6.45, 7) is 12.8. The summed E-state index contributed by atoms with van der Waals surface area (Å²) in [5.41, 5.74) is 1.93. The summed E-state index contributed by atoms with van der Waals surface area (Å²) in [7, 11) is 0. The van der Waals surface area contributed by atoms with Gasteiger partial charge in [-0.05, 0) is 46.2 Å². The van der Waals surface area contributed by atoms with Gasteiger partial charge in [0.2, 0.25) is 5.91 Å². The number of aromatic nitrogens is 3. The Labute approximate surface area is 166 Å². The summed E-state index contributed by atoms with van der Waals surface area (Å²) in [5, 5.41) is 12.7. The molecule has 2 aromatic heterocycles. The molecule has 0 spiro atoms. The van der Waals surface area contributed by atoms with Crippen LogP contribution in [0.1, 0.15) is 37.3 Å². The molecule has 1 saturated heterocycles. The maximum atomic E-state index is 12.6. The van der Waals surface area contributed by atoms with Gasteiger partial charge >= 0.3 is 0 Å². The molecule has 2 aromatic rings. The molecule has 3 rings (SSSR count). The van der Waals surface area contributed by atoms with E-state index in [4.69, 9.17) is 4.52 Å². The molecule has 0 N–H and O–H groups in total. The van der Waals surface area contributed by atoms with E-state index in [1.165, 1.54) is 0 Å². The molecule has 0 atom stereocenters. The standard InChI is InChI=1S/C20H30N6O2/c1-5-24(6-2)18-8-9-19(22-21-18)25-11-13-26(14-12-25)20(27)10-7-17-15(3)23-28-16(17)4/h8-9H,5-7,10-14H2,1-4H3. The van der Waals surface area contributed by atoms with Crippen LogP contribution in [0.4, 0.5) is 11.6 Å². The Balaban J connectivity index is 1.50. The topological polar surface area (TPSA) is 78.6 Å². The van der Waals surface area contributed by atoms with Crippen molar-refractivity contribution in [2.45, 2.75) is 40.5 Å². The van der Waals surface area contributed by atoms with Crippen molar-refractivity contribution in [2.75, 3.05) is 49.1 Å². The van der Waals surface area contributed by atoms with Crippen LogP contribution in [0.5, 0.6) is 0 Å². The fraction of sp³-hybridized carbons (Fsp3) is 0.600. The molecule has 0 saturated carbocycles. The molecule has 8 heteroatoms. The summed E-state index contributed by atoms with van der Waals surface area (Å²) in [4.78, 5) is 18.9. The third kappa shape index (κ3) is 4.43. The van der Waals surface area contributed by atoms with Gasteiger partial charge in [-0.1, -0.05) is 5.16 Å². The molecule has 3 heterocycles. The van der Waals surface area contributed by atoms with Gasteiger partial charge in [0, 0.05) is 51.3 Å². The van der Waals surface area contributed by atoms with Gasteiger partial charge in [0.05, 0.1) is 5.69 Å². The van der Waals surface area contributed by atoms with Crippen LogP contribution in [0.25, 0.3) is 0 Å². The van der Waals surface area contributed by atoms with Gasteiger partial charge in [-0.25, -0.2) is 0 Å². The second kappa shape index (κ2) is 9.03. The van der Waals surface area contributed by atoms with E-state index < -0.39 is 0 Å². The van der Waals surface area contributed by atoms with Crippen molar-refractivity contribution >= 4 is 17.5 Å². The molecular weight excluding hydrogens is 356 g/mol. The highest BCUT2D eigenvalue weighted by Gasteiger charge is 2.23. The van der Waals surface area contributed by atoms with Crippen molar-refractivity contribution in [2.24, 2.45) is 0 Å². The van der Waals surface area contributed by atoms with Gasteiger partial charge in [-0.15, -0.1) is 10.2 Å². The minimum atomic E-state index is 0.183. The second-order valence-corrected chi connectivity index (χ2v) is 7.09. The summed E-state index contributed by atoms with van der Waals surface area (Å²) in [5.74, 6) is 2.77. The third-order valence-electron chi connectivity index (χ3n) is 5.45. The number of rotatable bonds is 7. The number of amides is 1. The highest BCUT2D eigenvalue weighted by Crippen LogP contribution is 2.18. The van der Waals surface area contributed by atoms with Crippen LogP contribution in [0.3, 0.4) is 0 Å². The summed E-state index contributed by atoms with van der Waals surface area (Å²) in [6.07, 6.45) is 1.17. The van der Waals surface area contributed by atoms with Gasteiger partial charge in [-0.3, -0.25) is 4.79 Å². The van der Waals surface area contributed by atoms with Crippen LogP contribution in [0, 0.1) is 13.8 Å². The summed E-state index contributed by atoms with van der Waals surface area (Å²) >= 11 is 0. The normalized spacial score (nSPS) is 14.4. The van der Waals surface area contributed by atoms with Crippen LogP contribution in [0.2, 0.25) is 0 Å². The molecule has 0 bridgehead atoms. The van der Waals surface area contributed by atoms with E-state index in [9.17, 15) is 4.79 Å². The van der Waals surface area contributed by atoms with Crippen molar-refractivity contribution in [1.29, 1.82) is 0 Å². The second-order valence-electron chi connectivity index (χ2n) is 7.09. The molecule has 1 amide bonds. The maximum absolute atomic E-state index is 12.6. The van der Waals surface area contributed by atoms with E-state index >= 15 is 0 Å². The number of hydrogen-bond acceptors (Lipinski definition) is 7. The van der Waals surface area contributed by atoms with Crippen LogP contribution < -0.4 is 9.80 Å². The monoisotopic (exact) mass is 386 g/mol. The fourth-order valence-corrected chi connectivity index (χ4v) is 3.64. The maximum Gasteiger partial charge on any atom is 0.223 e. The van der Waals surface area contributed by atoms with Crippen molar-refractivity contribution in [3.63, 3.8) is 0 Å². The predicted molar refractivity (Wildman–Crippen MR) is 109 cm³/mol. The van der Waals surface area contributed by atoms with E-state index in [1.54, 1.807) is 0 Å². The molecule has 8 nitrogen and oxygen atoms in total. The Hall–Kier alpha value is -2.64. The lowest BCUT2D eigenvalue weighted by Crippen LogP contribution is -2.49. The quantitative estimate of drug-likeness (QED) is 0.722. The average molecular weight is 387 g/mol. The highest BCUT2D eigenvalue weighted by atomic mass is 16.5. The van der Waals surface area contributed by atoms with Crippen LogP contribution in [0.15, 0.2) is 16.7 Å². The molecule has 1 fully saturated rings. The first-order chi connectivity index (χ1) is 13.5. The number of anilines is 2. The highest BCUT2D eigenvalue weighted by molar-refractivity contribution is 5.76. The van der Waals surface area contributed by atoms with Crippen molar-refractivity contribution < 1.29 is 9.32 Å². The van der Waals surface area contributed by atoms with Crippen LogP contribution in [-0.4, -0.2) is 65.4 Å².